The Morgan fingerprint density at radius 1 is 1.03 bits per heavy atom. The fourth-order valence-corrected chi connectivity index (χ4v) is 3.21. The number of hydrogen-bond donors (Lipinski definition) is 1. The first kappa shape index (κ1) is 22.7. The Hall–Kier alpha value is -2.99. The van der Waals surface area contributed by atoms with Gasteiger partial charge in [0.1, 0.15) is 0 Å². The van der Waals surface area contributed by atoms with Crippen LogP contribution in [0.3, 0.4) is 0 Å². The van der Waals surface area contributed by atoms with Gasteiger partial charge in [-0.1, -0.05) is 17.7 Å². The number of aromatic nitrogens is 1. The minimum atomic E-state index is -0.0396. The van der Waals surface area contributed by atoms with Gasteiger partial charge in [-0.05, 0) is 62.2 Å². The summed E-state index contributed by atoms with van der Waals surface area (Å²) in [4.78, 5) is 16.4. The van der Waals surface area contributed by atoms with Crippen molar-refractivity contribution in [3.05, 3.63) is 65.1 Å². The molecule has 0 atom stereocenters. The highest BCUT2D eigenvalue weighted by atomic mass is 35.5. The van der Waals surface area contributed by atoms with Gasteiger partial charge in [0.25, 0.3) is 0 Å². The number of oxazole rings is 1. The van der Waals surface area contributed by atoms with Crippen LogP contribution in [-0.2, 0) is 17.6 Å². The van der Waals surface area contributed by atoms with Crippen LogP contribution in [0.1, 0.15) is 31.7 Å². The van der Waals surface area contributed by atoms with E-state index in [1.54, 1.807) is 18.3 Å². The lowest BCUT2D eigenvalue weighted by molar-refractivity contribution is -0.121. The van der Waals surface area contributed by atoms with Gasteiger partial charge in [-0.2, -0.15) is 0 Å². The molecule has 0 fully saturated rings. The first-order chi connectivity index (χ1) is 15.1. The lowest BCUT2D eigenvalue weighted by Gasteiger charge is -2.12. The highest BCUT2D eigenvalue weighted by Crippen LogP contribution is 2.28. The Labute approximate surface area is 187 Å². The highest BCUT2D eigenvalue weighted by molar-refractivity contribution is 6.30. The van der Waals surface area contributed by atoms with Crippen LogP contribution in [0, 0.1) is 0 Å². The van der Waals surface area contributed by atoms with Gasteiger partial charge in [0.2, 0.25) is 5.91 Å². The van der Waals surface area contributed by atoms with E-state index in [0.29, 0.717) is 55.7 Å². The van der Waals surface area contributed by atoms with Crippen LogP contribution >= 0.6 is 11.6 Å². The molecule has 0 unspecified atom stereocenters. The van der Waals surface area contributed by atoms with E-state index in [4.69, 9.17) is 25.5 Å². The molecule has 1 heterocycles. The average Bonchev–Trinajstić information content (AvgIpc) is 3.24. The minimum Gasteiger partial charge on any atom is -0.490 e. The third-order valence-electron chi connectivity index (χ3n) is 4.59. The first-order valence-corrected chi connectivity index (χ1v) is 10.8. The Bertz CT molecular complexity index is 985. The number of carbonyl (C=O) groups excluding carboxylic acids is 1. The highest BCUT2D eigenvalue weighted by Gasteiger charge is 2.10. The number of ether oxygens (including phenoxy) is 2. The van der Waals surface area contributed by atoms with E-state index in [-0.39, 0.29) is 5.91 Å². The second-order valence-electron chi connectivity index (χ2n) is 6.87. The number of rotatable bonds is 11. The predicted molar refractivity (Wildman–Crippen MR) is 121 cm³/mol. The number of amides is 1. The van der Waals surface area contributed by atoms with Crippen molar-refractivity contribution < 1.29 is 18.7 Å². The molecule has 31 heavy (non-hydrogen) atoms. The molecule has 164 valence electrons. The molecule has 0 aliphatic heterocycles. The molecule has 7 heteroatoms. The Morgan fingerprint density at radius 2 is 1.77 bits per heavy atom. The third kappa shape index (κ3) is 6.76. The van der Waals surface area contributed by atoms with Gasteiger partial charge in [-0.25, -0.2) is 4.98 Å². The zero-order valence-corrected chi connectivity index (χ0v) is 18.6. The van der Waals surface area contributed by atoms with E-state index in [1.165, 1.54) is 0 Å². The predicted octanol–water partition coefficient (Wildman–Crippen LogP) is 5.08. The summed E-state index contributed by atoms with van der Waals surface area (Å²) in [5.74, 6) is 2.62. The molecule has 1 amide bonds. The SMILES string of the molecule is CCOc1ccc(CCNC(=O)CCc2ncc(-c3ccc(Cl)cc3)o2)cc1OCC. The van der Waals surface area contributed by atoms with Gasteiger partial charge in [0.15, 0.2) is 23.1 Å². The molecular weight excluding hydrogens is 416 g/mol. The first-order valence-electron chi connectivity index (χ1n) is 10.4. The maximum atomic E-state index is 12.2. The lowest BCUT2D eigenvalue weighted by atomic mass is 10.1. The zero-order valence-electron chi connectivity index (χ0n) is 17.8. The normalized spacial score (nSPS) is 10.7. The Kier molecular flexibility index (Phi) is 8.35. The summed E-state index contributed by atoms with van der Waals surface area (Å²) in [5.41, 5.74) is 1.97. The lowest BCUT2D eigenvalue weighted by Crippen LogP contribution is -2.25. The molecule has 0 aliphatic rings. The summed E-state index contributed by atoms with van der Waals surface area (Å²) in [7, 11) is 0. The summed E-state index contributed by atoms with van der Waals surface area (Å²) >= 11 is 5.91. The fourth-order valence-electron chi connectivity index (χ4n) is 3.08. The van der Waals surface area contributed by atoms with E-state index in [2.05, 4.69) is 10.3 Å². The van der Waals surface area contributed by atoms with E-state index in [1.807, 2.05) is 44.2 Å². The largest absolute Gasteiger partial charge is 0.490 e. The third-order valence-corrected chi connectivity index (χ3v) is 4.84. The molecule has 0 spiro atoms. The van der Waals surface area contributed by atoms with Crippen LogP contribution < -0.4 is 14.8 Å². The number of benzene rings is 2. The van der Waals surface area contributed by atoms with E-state index in [9.17, 15) is 4.79 Å². The quantitative estimate of drug-likeness (QED) is 0.448. The van der Waals surface area contributed by atoms with Crippen molar-refractivity contribution in [2.45, 2.75) is 33.1 Å². The molecule has 0 bridgehead atoms. The molecule has 0 saturated heterocycles. The molecule has 0 saturated carbocycles. The van der Waals surface area contributed by atoms with Crippen molar-refractivity contribution in [2.24, 2.45) is 0 Å². The van der Waals surface area contributed by atoms with E-state index in [0.717, 1.165) is 22.6 Å². The maximum Gasteiger partial charge on any atom is 0.220 e. The number of nitrogens with one attached hydrogen (secondary N) is 1. The maximum absolute atomic E-state index is 12.2. The van der Waals surface area contributed by atoms with Crippen LogP contribution in [0.4, 0.5) is 0 Å². The van der Waals surface area contributed by atoms with E-state index >= 15 is 0 Å². The standard InChI is InChI=1S/C24H27ClN2O4/c1-3-29-20-10-5-17(15-21(20)30-4-2)13-14-26-23(28)11-12-24-27-16-22(31-24)18-6-8-19(25)9-7-18/h5-10,15-16H,3-4,11-14H2,1-2H3,(H,26,28). The van der Waals surface area contributed by atoms with Crippen molar-refractivity contribution in [3.63, 3.8) is 0 Å². The van der Waals surface area contributed by atoms with Gasteiger partial charge in [-0.15, -0.1) is 0 Å². The molecule has 2 aromatic carbocycles. The van der Waals surface area contributed by atoms with Crippen molar-refractivity contribution in [1.82, 2.24) is 10.3 Å². The van der Waals surface area contributed by atoms with Crippen LogP contribution in [-0.4, -0.2) is 30.6 Å². The number of hydrogen-bond acceptors (Lipinski definition) is 5. The molecule has 0 radical (unpaired) electrons. The van der Waals surface area contributed by atoms with Gasteiger partial charge in [-0.3, -0.25) is 4.79 Å². The molecule has 1 N–H and O–H groups in total. The van der Waals surface area contributed by atoms with Crippen molar-refractivity contribution in [2.75, 3.05) is 19.8 Å². The number of carbonyl (C=O) groups is 1. The van der Waals surface area contributed by atoms with Crippen molar-refractivity contribution >= 4 is 17.5 Å². The monoisotopic (exact) mass is 442 g/mol. The number of aryl methyl sites for hydroxylation is 1. The summed E-state index contributed by atoms with van der Waals surface area (Å²) in [5, 5.41) is 3.61. The van der Waals surface area contributed by atoms with Gasteiger partial charge in [0.05, 0.1) is 19.4 Å². The second kappa shape index (κ2) is 11.4. The molecular formula is C24H27ClN2O4. The number of nitrogens with zero attached hydrogens (tertiary/aromatic N) is 1. The molecule has 3 aromatic rings. The molecule has 6 nitrogen and oxygen atoms in total. The molecule has 0 aliphatic carbocycles. The summed E-state index contributed by atoms with van der Waals surface area (Å²) in [6, 6.07) is 13.2. The topological polar surface area (TPSA) is 73.6 Å². The van der Waals surface area contributed by atoms with Gasteiger partial charge in [0, 0.05) is 30.0 Å². The van der Waals surface area contributed by atoms with Crippen LogP contribution in [0.25, 0.3) is 11.3 Å². The van der Waals surface area contributed by atoms with Gasteiger partial charge >= 0.3 is 0 Å². The number of halogens is 1. The zero-order chi connectivity index (χ0) is 22.1. The van der Waals surface area contributed by atoms with Crippen LogP contribution in [0.15, 0.2) is 53.1 Å². The fraction of sp³-hybridized carbons (Fsp3) is 0.333. The van der Waals surface area contributed by atoms with Crippen molar-refractivity contribution in [1.29, 1.82) is 0 Å². The van der Waals surface area contributed by atoms with Gasteiger partial charge < -0.3 is 19.2 Å². The summed E-state index contributed by atoms with van der Waals surface area (Å²) < 4.78 is 17.0. The molecule has 3 rings (SSSR count). The summed E-state index contributed by atoms with van der Waals surface area (Å²) in [6.45, 7) is 5.58. The van der Waals surface area contributed by atoms with Crippen LogP contribution in [0.5, 0.6) is 11.5 Å². The Balaban J connectivity index is 1.44. The smallest absolute Gasteiger partial charge is 0.220 e. The van der Waals surface area contributed by atoms with Crippen LogP contribution in [0.2, 0.25) is 5.02 Å². The van der Waals surface area contributed by atoms with E-state index < -0.39 is 0 Å². The second-order valence-corrected chi connectivity index (χ2v) is 7.31. The Morgan fingerprint density at radius 3 is 2.52 bits per heavy atom. The molecule has 1 aromatic heterocycles. The average molecular weight is 443 g/mol. The van der Waals surface area contributed by atoms with Crippen molar-refractivity contribution in [3.8, 4) is 22.8 Å². The minimum absolute atomic E-state index is 0.0396. The summed E-state index contributed by atoms with van der Waals surface area (Å²) in [6.07, 6.45) is 3.13.